The quantitative estimate of drug-likeness (QED) is 0.834. The van der Waals surface area contributed by atoms with Crippen molar-refractivity contribution in [2.45, 2.75) is 26.8 Å². The summed E-state index contributed by atoms with van der Waals surface area (Å²) in [6, 6.07) is 5.73. The molecule has 0 aliphatic carbocycles. The number of benzene rings is 1. The first-order valence-electron chi connectivity index (χ1n) is 5.71. The first-order chi connectivity index (χ1) is 8.41. The lowest BCUT2D eigenvalue weighted by Crippen LogP contribution is -2.02. The van der Waals surface area contributed by atoms with E-state index in [4.69, 9.17) is 23.8 Å². The molecule has 0 aliphatic rings. The number of rotatable bonds is 2. The fraction of sp³-hybridized carbons (Fsp3) is 0.308. The molecule has 1 heterocycles. The first kappa shape index (κ1) is 13.2. The summed E-state index contributed by atoms with van der Waals surface area (Å²) in [5.74, 6) is 0.124. The van der Waals surface area contributed by atoms with E-state index in [1.165, 1.54) is 0 Å². The molecule has 5 heteroatoms. The Morgan fingerprint density at radius 1 is 1.33 bits per heavy atom. The molecular weight excluding hydrogens is 268 g/mol. The molecule has 0 aliphatic heterocycles. The highest BCUT2D eigenvalue weighted by atomic mass is 35.5. The van der Waals surface area contributed by atoms with E-state index in [9.17, 15) is 5.11 Å². The summed E-state index contributed by atoms with van der Waals surface area (Å²) in [7, 11) is 0. The minimum Gasteiger partial charge on any atom is -0.493 e. The summed E-state index contributed by atoms with van der Waals surface area (Å²) in [6.45, 7) is 5.99. The molecule has 1 aromatic heterocycles. The second kappa shape index (κ2) is 4.78. The van der Waals surface area contributed by atoms with Gasteiger partial charge in [-0.05, 0) is 50.7 Å². The predicted molar refractivity (Wildman–Crippen MR) is 76.4 cm³/mol. The van der Waals surface area contributed by atoms with Gasteiger partial charge in [0.2, 0.25) is 5.88 Å². The van der Waals surface area contributed by atoms with Gasteiger partial charge in [0, 0.05) is 11.1 Å². The van der Waals surface area contributed by atoms with Gasteiger partial charge in [-0.3, -0.25) is 4.57 Å². The number of imidazole rings is 1. The van der Waals surface area contributed by atoms with Gasteiger partial charge in [-0.2, -0.15) is 0 Å². The lowest BCUT2D eigenvalue weighted by atomic mass is 10.2. The zero-order chi connectivity index (χ0) is 13.4. The number of halogens is 1. The molecule has 2 aromatic rings. The van der Waals surface area contributed by atoms with E-state index in [0.717, 1.165) is 11.3 Å². The molecule has 96 valence electrons. The van der Waals surface area contributed by atoms with Crippen molar-refractivity contribution in [2.75, 3.05) is 0 Å². The third-order valence-electron chi connectivity index (χ3n) is 2.86. The molecule has 1 aromatic carbocycles. The average molecular weight is 283 g/mol. The summed E-state index contributed by atoms with van der Waals surface area (Å²) < 4.78 is 4.05. The average Bonchev–Trinajstić information content (AvgIpc) is 2.58. The van der Waals surface area contributed by atoms with Crippen molar-refractivity contribution in [3.05, 3.63) is 39.8 Å². The van der Waals surface area contributed by atoms with Gasteiger partial charge in [0.05, 0.1) is 11.9 Å². The third kappa shape index (κ3) is 2.18. The topological polar surface area (TPSA) is 30.1 Å². The molecule has 18 heavy (non-hydrogen) atoms. The van der Waals surface area contributed by atoms with Gasteiger partial charge < -0.3 is 9.67 Å². The Bertz CT molecular complexity index is 643. The van der Waals surface area contributed by atoms with E-state index in [1.807, 2.05) is 37.5 Å². The summed E-state index contributed by atoms with van der Waals surface area (Å²) in [4.78, 5) is 0. The predicted octanol–water partition coefficient (Wildman–Crippen LogP) is 4.26. The van der Waals surface area contributed by atoms with Gasteiger partial charge in [0.15, 0.2) is 4.77 Å². The molecule has 0 unspecified atom stereocenters. The highest BCUT2D eigenvalue weighted by molar-refractivity contribution is 7.71. The van der Waals surface area contributed by atoms with Crippen LogP contribution in [0.4, 0.5) is 0 Å². The van der Waals surface area contributed by atoms with Gasteiger partial charge in [-0.25, -0.2) is 0 Å². The monoisotopic (exact) mass is 282 g/mol. The van der Waals surface area contributed by atoms with Crippen molar-refractivity contribution in [3.63, 3.8) is 0 Å². The normalized spacial score (nSPS) is 11.2. The number of aromatic hydroxyl groups is 1. The second-order valence-electron chi connectivity index (χ2n) is 4.54. The fourth-order valence-electron chi connectivity index (χ4n) is 1.87. The molecule has 0 saturated heterocycles. The van der Waals surface area contributed by atoms with Crippen molar-refractivity contribution in [1.29, 1.82) is 0 Å². The maximum absolute atomic E-state index is 10.1. The van der Waals surface area contributed by atoms with E-state index in [0.29, 0.717) is 9.79 Å². The SMILES string of the molecule is Cc1ccc(Cl)cc1-n1c(O)cn(C(C)C)c1=S. The maximum atomic E-state index is 10.1. The minimum atomic E-state index is 0.124. The number of aromatic nitrogens is 2. The van der Waals surface area contributed by atoms with Crippen LogP contribution in [-0.2, 0) is 0 Å². The van der Waals surface area contributed by atoms with Gasteiger partial charge in [0.1, 0.15) is 0 Å². The molecule has 0 radical (unpaired) electrons. The van der Waals surface area contributed by atoms with E-state index >= 15 is 0 Å². The number of hydrogen-bond acceptors (Lipinski definition) is 2. The Labute approximate surface area is 116 Å². The molecule has 2 rings (SSSR count). The van der Waals surface area contributed by atoms with Crippen LogP contribution in [0, 0.1) is 11.7 Å². The molecule has 0 amide bonds. The minimum absolute atomic E-state index is 0.124. The smallest absolute Gasteiger partial charge is 0.214 e. The van der Waals surface area contributed by atoms with Gasteiger partial charge in [0.25, 0.3) is 0 Å². The van der Waals surface area contributed by atoms with Crippen LogP contribution < -0.4 is 0 Å². The van der Waals surface area contributed by atoms with Crippen LogP contribution in [0.2, 0.25) is 5.02 Å². The number of hydrogen-bond donors (Lipinski definition) is 1. The molecule has 1 N–H and O–H groups in total. The first-order valence-corrected chi connectivity index (χ1v) is 6.50. The molecule has 0 fully saturated rings. The van der Waals surface area contributed by atoms with Crippen molar-refractivity contribution < 1.29 is 5.11 Å². The molecule has 0 saturated carbocycles. The van der Waals surface area contributed by atoms with Crippen molar-refractivity contribution in [1.82, 2.24) is 9.13 Å². The Hall–Kier alpha value is -1.26. The van der Waals surface area contributed by atoms with Crippen LogP contribution in [0.15, 0.2) is 24.4 Å². The van der Waals surface area contributed by atoms with Crippen molar-refractivity contribution in [2.24, 2.45) is 0 Å². The van der Waals surface area contributed by atoms with Gasteiger partial charge in [-0.15, -0.1) is 0 Å². The Morgan fingerprint density at radius 3 is 2.56 bits per heavy atom. The van der Waals surface area contributed by atoms with Crippen LogP contribution in [0.3, 0.4) is 0 Å². The molecule has 0 bridgehead atoms. The lowest BCUT2D eigenvalue weighted by Gasteiger charge is -2.10. The van der Waals surface area contributed by atoms with Crippen molar-refractivity contribution >= 4 is 23.8 Å². The summed E-state index contributed by atoms with van der Waals surface area (Å²) >= 11 is 11.4. The largest absolute Gasteiger partial charge is 0.493 e. The van der Waals surface area contributed by atoms with E-state index in [2.05, 4.69) is 0 Å². The molecule has 0 spiro atoms. The Balaban J connectivity index is 2.72. The fourth-order valence-corrected chi connectivity index (χ4v) is 2.49. The van der Waals surface area contributed by atoms with Crippen LogP contribution in [-0.4, -0.2) is 14.2 Å². The highest BCUT2D eigenvalue weighted by Crippen LogP contribution is 2.26. The molecule has 0 atom stereocenters. The van der Waals surface area contributed by atoms with E-state index in [-0.39, 0.29) is 11.9 Å². The highest BCUT2D eigenvalue weighted by Gasteiger charge is 2.13. The zero-order valence-electron chi connectivity index (χ0n) is 10.5. The van der Waals surface area contributed by atoms with Crippen LogP contribution in [0.1, 0.15) is 25.5 Å². The van der Waals surface area contributed by atoms with Gasteiger partial charge in [-0.1, -0.05) is 17.7 Å². The van der Waals surface area contributed by atoms with Crippen LogP contribution in [0.25, 0.3) is 5.69 Å². The maximum Gasteiger partial charge on any atom is 0.214 e. The summed E-state index contributed by atoms with van der Waals surface area (Å²) in [5, 5.41) is 10.7. The van der Waals surface area contributed by atoms with Gasteiger partial charge >= 0.3 is 0 Å². The molecular formula is C13H15ClN2OS. The zero-order valence-corrected chi connectivity index (χ0v) is 12.1. The van der Waals surface area contributed by atoms with Crippen LogP contribution >= 0.6 is 23.8 Å². The third-order valence-corrected chi connectivity index (χ3v) is 3.49. The van der Waals surface area contributed by atoms with Crippen LogP contribution in [0.5, 0.6) is 5.88 Å². The van der Waals surface area contributed by atoms with E-state index < -0.39 is 0 Å². The van der Waals surface area contributed by atoms with Crippen molar-refractivity contribution in [3.8, 4) is 11.6 Å². The second-order valence-corrected chi connectivity index (χ2v) is 5.34. The Kier molecular flexibility index (Phi) is 3.50. The summed E-state index contributed by atoms with van der Waals surface area (Å²) in [6.07, 6.45) is 1.65. The standard InChI is InChI=1S/C13H15ClN2OS/c1-8(2)15-7-12(17)16(13(15)18)11-6-10(14)5-4-9(11)3/h4-8,17H,1-3H3. The molecule has 3 nitrogen and oxygen atoms in total. The number of aryl methyl sites for hydroxylation is 1. The summed E-state index contributed by atoms with van der Waals surface area (Å²) in [5.41, 5.74) is 1.82. The number of nitrogens with zero attached hydrogens (tertiary/aromatic N) is 2. The van der Waals surface area contributed by atoms with E-state index in [1.54, 1.807) is 16.8 Å². The lowest BCUT2D eigenvalue weighted by molar-refractivity contribution is 0.441. The Morgan fingerprint density at radius 2 is 2.00 bits per heavy atom.